The number of hydrogen-bond acceptors (Lipinski definition) is 3. The maximum absolute atomic E-state index is 11.1. The molecule has 1 aliphatic rings. The van der Waals surface area contributed by atoms with Crippen LogP contribution in [0.3, 0.4) is 0 Å². The summed E-state index contributed by atoms with van der Waals surface area (Å²) < 4.78 is 22.2. The second-order valence-electron chi connectivity index (χ2n) is 3.27. The molecule has 0 unspecified atom stereocenters. The molecule has 0 radical (unpaired) electrons. The Balaban J connectivity index is 2.05. The lowest BCUT2D eigenvalue weighted by Gasteiger charge is -2.10. The molecule has 4 heteroatoms. The summed E-state index contributed by atoms with van der Waals surface area (Å²) in [5.41, 5.74) is 0.944. The minimum Gasteiger partial charge on any atom is -0.378 e. The molecule has 1 aliphatic heterocycles. The Kier molecular flexibility index (Phi) is 2.29. The molecule has 0 saturated carbocycles. The lowest BCUT2D eigenvalue weighted by atomic mass is 10.2. The first-order valence-electron chi connectivity index (χ1n) is 4.38. The average molecular weight is 209 g/mol. The molecule has 3 nitrogen and oxygen atoms in total. The van der Waals surface area contributed by atoms with Crippen LogP contribution in [0.15, 0.2) is 41.8 Å². The van der Waals surface area contributed by atoms with Gasteiger partial charge in [-0.25, -0.2) is 8.42 Å². The van der Waals surface area contributed by atoms with E-state index in [2.05, 4.69) is 5.32 Å². The van der Waals surface area contributed by atoms with Crippen LogP contribution in [-0.4, -0.2) is 20.2 Å². The molecule has 0 spiro atoms. The Morgan fingerprint density at radius 3 is 2.50 bits per heavy atom. The highest BCUT2D eigenvalue weighted by Crippen LogP contribution is 2.14. The number of sulfone groups is 1. The van der Waals surface area contributed by atoms with Crippen LogP contribution in [0.1, 0.15) is 0 Å². The van der Waals surface area contributed by atoms with Crippen LogP contribution < -0.4 is 5.32 Å². The number of anilines is 1. The predicted molar refractivity (Wildman–Crippen MR) is 56.8 cm³/mol. The molecule has 1 heterocycles. The molecule has 1 atom stereocenters. The molecule has 14 heavy (non-hydrogen) atoms. The molecule has 0 aliphatic carbocycles. The lowest BCUT2D eigenvalue weighted by Crippen LogP contribution is -2.20. The first-order chi connectivity index (χ1) is 6.66. The first-order valence-corrected chi connectivity index (χ1v) is 6.10. The molecule has 0 saturated heterocycles. The zero-order chi connectivity index (χ0) is 10.0. The highest BCUT2D eigenvalue weighted by Gasteiger charge is 2.20. The van der Waals surface area contributed by atoms with Crippen LogP contribution in [0.2, 0.25) is 0 Å². The summed E-state index contributed by atoms with van der Waals surface area (Å²) in [6.07, 6.45) is 1.68. The summed E-state index contributed by atoms with van der Waals surface area (Å²) in [5, 5.41) is 4.40. The van der Waals surface area contributed by atoms with E-state index in [0.29, 0.717) is 0 Å². The minimum absolute atomic E-state index is 0.0950. The number of hydrogen-bond donors (Lipinski definition) is 1. The topological polar surface area (TPSA) is 46.2 Å². The summed E-state index contributed by atoms with van der Waals surface area (Å²) in [6, 6.07) is 9.48. The van der Waals surface area contributed by atoms with Crippen molar-refractivity contribution in [2.45, 2.75) is 6.04 Å². The van der Waals surface area contributed by atoms with Crippen molar-refractivity contribution >= 4 is 15.5 Å². The van der Waals surface area contributed by atoms with Gasteiger partial charge in [-0.3, -0.25) is 0 Å². The van der Waals surface area contributed by atoms with Crippen molar-refractivity contribution in [3.8, 4) is 0 Å². The van der Waals surface area contributed by atoms with E-state index >= 15 is 0 Å². The first kappa shape index (κ1) is 9.27. The fraction of sp³-hybridized carbons (Fsp3) is 0.200. The van der Waals surface area contributed by atoms with E-state index in [1.807, 2.05) is 30.3 Å². The van der Waals surface area contributed by atoms with E-state index in [1.165, 1.54) is 5.41 Å². The standard InChI is InChI=1S/C10H11NO2S/c12-14(13)7-6-10(8-14)11-9-4-2-1-3-5-9/h1-7,10-11H,8H2/t10-/m1/s1. The van der Waals surface area contributed by atoms with E-state index in [9.17, 15) is 8.42 Å². The van der Waals surface area contributed by atoms with E-state index < -0.39 is 9.84 Å². The summed E-state index contributed by atoms with van der Waals surface area (Å²) in [7, 11) is -2.96. The maximum Gasteiger partial charge on any atom is 0.173 e. The molecular formula is C10H11NO2S. The Hall–Kier alpha value is -1.29. The van der Waals surface area contributed by atoms with Crippen molar-refractivity contribution in [1.29, 1.82) is 0 Å². The van der Waals surface area contributed by atoms with Crippen LogP contribution in [0.25, 0.3) is 0 Å². The molecule has 0 amide bonds. The molecule has 0 bridgehead atoms. The van der Waals surface area contributed by atoms with Gasteiger partial charge in [-0.05, 0) is 12.1 Å². The Labute approximate surface area is 83.4 Å². The van der Waals surface area contributed by atoms with Gasteiger partial charge in [-0.15, -0.1) is 0 Å². The molecule has 1 aromatic rings. The SMILES string of the molecule is O=S1(=O)C=C[C@@H](Nc2ccccc2)C1. The van der Waals surface area contributed by atoms with Crippen molar-refractivity contribution in [2.24, 2.45) is 0 Å². The van der Waals surface area contributed by atoms with Gasteiger partial charge in [0.1, 0.15) is 0 Å². The Morgan fingerprint density at radius 1 is 1.21 bits per heavy atom. The summed E-state index contributed by atoms with van der Waals surface area (Å²) >= 11 is 0. The van der Waals surface area contributed by atoms with Crippen molar-refractivity contribution in [2.75, 3.05) is 11.1 Å². The largest absolute Gasteiger partial charge is 0.378 e. The third-order valence-electron chi connectivity index (χ3n) is 2.06. The zero-order valence-corrected chi connectivity index (χ0v) is 8.37. The molecule has 2 rings (SSSR count). The van der Waals surface area contributed by atoms with Gasteiger partial charge >= 0.3 is 0 Å². The Bertz CT molecular complexity index is 436. The molecule has 1 aromatic carbocycles. The number of para-hydroxylation sites is 1. The molecular weight excluding hydrogens is 198 g/mol. The monoisotopic (exact) mass is 209 g/mol. The van der Waals surface area contributed by atoms with Gasteiger partial charge in [0, 0.05) is 11.1 Å². The van der Waals surface area contributed by atoms with E-state index in [1.54, 1.807) is 6.08 Å². The third kappa shape index (κ3) is 2.14. The fourth-order valence-electron chi connectivity index (χ4n) is 1.41. The van der Waals surface area contributed by atoms with Gasteiger partial charge in [0.25, 0.3) is 0 Å². The van der Waals surface area contributed by atoms with Gasteiger partial charge in [0.2, 0.25) is 0 Å². The van der Waals surface area contributed by atoms with E-state index in [-0.39, 0.29) is 11.8 Å². The van der Waals surface area contributed by atoms with Crippen molar-refractivity contribution in [3.63, 3.8) is 0 Å². The van der Waals surface area contributed by atoms with Crippen molar-refractivity contribution < 1.29 is 8.42 Å². The van der Waals surface area contributed by atoms with Gasteiger partial charge < -0.3 is 5.32 Å². The second kappa shape index (κ2) is 3.46. The van der Waals surface area contributed by atoms with Gasteiger partial charge in [0.05, 0.1) is 11.8 Å². The maximum atomic E-state index is 11.1. The number of rotatable bonds is 2. The van der Waals surface area contributed by atoms with Gasteiger partial charge in [0.15, 0.2) is 9.84 Å². The molecule has 0 fully saturated rings. The van der Waals surface area contributed by atoms with E-state index in [0.717, 1.165) is 5.69 Å². The summed E-state index contributed by atoms with van der Waals surface area (Å²) in [5.74, 6) is 0.155. The summed E-state index contributed by atoms with van der Waals surface area (Å²) in [4.78, 5) is 0. The van der Waals surface area contributed by atoms with Crippen LogP contribution in [0.4, 0.5) is 5.69 Å². The average Bonchev–Trinajstić information content (AvgIpc) is 2.47. The highest BCUT2D eigenvalue weighted by atomic mass is 32.2. The molecule has 1 N–H and O–H groups in total. The number of nitrogens with one attached hydrogen (secondary N) is 1. The fourth-order valence-corrected chi connectivity index (χ4v) is 2.65. The zero-order valence-electron chi connectivity index (χ0n) is 7.55. The van der Waals surface area contributed by atoms with Crippen molar-refractivity contribution in [3.05, 3.63) is 41.8 Å². The highest BCUT2D eigenvalue weighted by molar-refractivity contribution is 7.94. The number of benzene rings is 1. The smallest absolute Gasteiger partial charge is 0.173 e. The second-order valence-corrected chi connectivity index (χ2v) is 5.21. The van der Waals surface area contributed by atoms with Crippen LogP contribution >= 0.6 is 0 Å². The Morgan fingerprint density at radius 2 is 1.93 bits per heavy atom. The normalized spacial score (nSPS) is 23.6. The predicted octanol–water partition coefficient (Wildman–Crippen LogP) is 1.41. The van der Waals surface area contributed by atoms with Gasteiger partial charge in [-0.2, -0.15) is 0 Å². The van der Waals surface area contributed by atoms with Crippen LogP contribution in [0.5, 0.6) is 0 Å². The van der Waals surface area contributed by atoms with Gasteiger partial charge in [-0.1, -0.05) is 24.3 Å². The third-order valence-corrected chi connectivity index (χ3v) is 3.45. The van der Waals surface area contributed by atoms with Crippen LogP contribution in [-0.2, 0) is 9.84 Å². The van der Waals surface area contributed by atoms with Crippen molar-refractivity contribution in [1.82, 2.24) is 0 Å². The van der Waals surface area contributed by atoms with E-state index in [4.69, 9.17) is 0 Å². The van der Waals surface area contributed by atoms with Crippen LogP contribution in [0, 0.1) is 0 Å². The molecule has 74 valence electrons. The summed E-state index contributed by atoms with van der Waals surface area (Å²) in [6.45, 7) is 0. The molecule has 0 aromatic heterocycles. The lowest BCUT2D eigenvalue weighted by molar-refractivity contribution is 0.605. The minimum atomic E-state index is -2.96. The quantitative estimate of drug-likeness (QED) is 0.801.